The van der Waals surface area contributed by atoms with Crippen molar-refractivity contribution in [2.24, 2.45) is 0 Å². The fourth-order valence-electron chi connectivity index (χ4n) is 2.51. The highest BCUT2D eigenvalue weighted by atomic mass is 35.5. The number of halogens is 2. The minimum Gasteiger partial charge on any atom is -0.342 e. The molecule has 0 saturated carbocycles. The second-order valence-electron chi connectivity index (χ2n) is 5.05. The number of benzene rings is 1. The van der Waals surface area contributed by atoms with Crippen LogP contribution in [0.15, 0.2) is 18.2 Å². The SMILES string of the molecule is C[C@@H](NC(=O)c1ccc(Cl)cc1Cl)c1nnc2n1CCC2. The molecule has 1 atom stereocenters. The molecule has 1 aromatic heterocycles. The van der Waals surface area contributed by atoms with Crippen LogP contribution in [0.4, 0.5) is 0 Å². The van der Waals surface area contributed by atoms with E-state index in [0.29, 0.717) is 15.6 Å². The van der Waals surface area contributed by atoms with Gasteiger partial charge in [-0.15, -0.1) is 10.2 Å². The van der Waals surface area contributed by atoms with Gasteiger partial charge in [0.25, 0.3) is 5.91 Å². The van der Waals surface area contributed by atoms with E-state index in [1.807, 2.05) is 6.92 Å². The first-order valence-electron chi connectivity index (χ1n) is 6.74. The van der Waals surface area contributed by atoms with Crippen molar-refractivity contribution < 1.29 is 4.79 Å². The van der Waals surface area contributed by atoms with Gasteiger partial charge in [-0.25, -0.2) is 0 Å². The van der Waals surface area contributed by atoms with E-state index in [-0.39, 0.29) is 11.9 Å². The topological polar surface area (TPSA) is 59.8 Å². The molecule has 1 aliphatic heterocycles. The van der Waals surface area contributed by atoms with Crippen LogP contribution in [0.2, 0.25) is 10.0 Å². The fraction of sp³-hybridized carbons (Fsp3) is 0.357. The Morgan fingerprint density at radius 3 is 2.95 bits per heavy atom. The molecule has 1 amide bonds. The Bertz CT molecular complexity index is 698. The van der Waals surface area contributed by atoms with Crippen molar-refractivity contribution in [3.05, 3.63) is 45.5 Å². The predicted octanol–water partition coefficient (Wildman–Crippen LogP) is 3.02. The van der Waals surface area contributed by atoms with E-state index in [0.717, 1.165) is 31.0 Å². The van der Waals surface area contributed by atoms with Crippen molar-refractivity contribution in [3.8, 4) is 0 Å². The van der Waals surface area contributed by atoms with Crippen LogP contribution in [0.3, 0.4) is 0 Å². The highest BCUT2D eigenvalue weighted by Gasteiger charge is 2.23. The van der Waals surface area contributed by atoms with E-state index in [4.69, 9.17) is 23.2 Å². The summed E-state index contributed by atoms with van der Waals surface area (Å²) in [5, 5.41) is 12.0. The van der Waals surface area contributed by atoms with Crippen LogP contribution >= 0.6 is 23.2 Å². The molecular weight excluding hydrogens is 311 g/mol. The second-order valence-corrected chi connectivity index (χ2v) is 5.89. The van der Waals surface area contributed by atoms with Gasteiger partial charge >= 0.3 is 0 Å². The largest absolute Gasteiger partial charge is 0.342 e. The number of aryl methyl sites for hydroxylation is 1. The average Bonchev–Trinajstić information content (AvgIpc) is 3.00. The molecule has 21 heavy (non-hydrogen) atoms. The maximum atomic E-state index is 12.3. The maximum absolute atomic E-state index is 12.3. The van der Waals surface area contributed by atoms with Crippen LogP contribution in [0.25, 0.3) is 0 Å². The van der Waals surface area contributed by atoms with Gasteiger partial charge in [-0.05, 0) is 31.5 Å². The number of rotatable bonds is 3. The lowest BCUT2D eigenvalue weighted by molar-refractivity contribution is 0.0937. The molecule has 2 aromatic rings. The molecule has 1 N–H and O–H groups in total. The van der Waals surface area contributed by atoms with Crippen molar-refractivity contribution in [3.63, 3.8) is 0 Å². The third-order valence-corrected chi connectivity index (χ3v) is 4.10. The van der Waals surface area contributed by atoms with Gasteiger partial charge in [0.1, 0.15) is 5.82 Å². The molecule has 0 fully saturated rings. The first-order valence-corrected chi connectivity index (χ1v) is 7.49. The fourth-order valence-corrected chi connectivity index (χ4v) is 3.00. The summed E-state index contributed by atoms with van der Waals surface area (Å²) in [6, 6.07) is 4.57. The van der Waals surface area contributed by atoms with Gasteiger partial charge in [0, 0.05) is 18.0 Å². The van der Waals surface area contributed by atoms with Crippen LogP contribution in [-0.2, 0) is 13.0 Å². The van der Waals surface area contributed by atoms with Crippen molar-refractivity contribution >= 4 is 29.1 Å². The summed E-state index contributed by atoms with van der Waals surface area (Å²) in [5.41, 5.74) is 0.397. The molecule has 110 valence electrons. The van der Waals surface area contributed by atoms with E-state index in [1.165, 1.54) is 0 Å². The Labute approximate surface area is 132 Å². The zero-order valence-corrected chi connectivity index (χ0v) is 12.9. The van der Waals surface area contributed by atoms with Gasteiger partial charge in [-0.2, -0.15) is 0 Å². The Morgan fingerprint density at radius 2 is 2.19 bits per heavy atom. The van der Waals surface area contributed by atoms with Crippen LogP contribution in [0.5, 0.6) is 0 Å². The number of hydrogen-bond acceptors (Lipinski definition) is 3. The Morgan fingerprint density at radius 1 is 1.38 bits per heavy atom. The molecule has 0 radical (unpaired) electrons. The lowest BCUT2D eigenvalue weighted by Crippen LogP contribution is -2.28. The minimum atomic E-state index is -0.250. The molecule has 5 nitrogen and oxygen atoms in total. The predicted molar refractivity (Wildman–Crippen MR) is 80.7 cm³/mol. The normalized spacial score (nSPS) is 14.8. The number of carbonyl (C=O) groups excluding carboxylic acids is 1. The molecule has 7 heteroatoms. The smallest absolute Gasteiger partial charge is 0.253 e. The van der Waals surface area contributed by atoms with Crippen LogP contribution in [-0.4, -0.2) is 20.7 Å². The van der Waals surface area contributed by atoms with Crippen molar-refractivity contribution in [1.82, 2.24) is 20.1 Å². The highest BCUT2D eigenvalue weighted by molar-refractivity contribution is 6.36. The third-order valence-electron chi connectivity index (χ3n) is 3.55. The quantitative estimate of drug-likeness (QED) is 0.944. The molecule has 1 aliphatic rings. The summed E-state index contributed by atoms with van der Waals surface area (Å²) in [4.78, 5) is 12.3. The molecule has 0 unspecified atom stereocenters. The van der Waals surface area contributed by atoms with Gasteiger partial charge in [0.2, 0.25) is 0 Å². The van der Waals surface area contributed by atoms with Crippen LogP contribution in [0.1, 0.15) is 41.4 Å². The maximum Gasteiger partial charge on any atom is 0.253 e. The average molecular weight is 325 g/mol. The number of nitrogens with one attached hydrogen (secondary N) is 1. The van der Waals surface area contributed by atoms with Gasteiger partial charge in [-0.1, -0.05) is 23.2 Å². The Hall–Kier alpha value is -1.59. The molecular formula is C14H14Cl2N4O. The van der Waals surface area contributed by atoms with E-state index in [1.54, 1.807) is 18.2 Å². The number of aromatic nitrogens is 3. The Kier molecular flexibility index (Phi) is 3.87. The lowest BCUT2D eigenvalue weighted by atomic mass is 10.2. The number of nitrogens with zero attached hydrogens (tertiary/aromatic N) is 3. The van der Waals surface area contributed by atoms with Gasteiger partial charge in [0.15, 0.2) is 5.82 Å². The van der Waals surface area contributed by atoms with Gasteiger partial charge < -0.3 is 9.88 Å². The summed E-state index contributed by atoms with van der Waals surface area (Å²) in [6.07, 6.45) is 2.01. The number of amides is 1. The summed E-state index contributed by atoms with van der Waals surface area (Å²) < 4.78 is 2.06. The standard InChI is InChI=1S/C14H14Cl2N4O/c1-8(13-19-18-12-3-2-6-20(12)13)17-14(21)10-5-4-9(15)7-11(10)16/h4-5,7-8H,2-3,6H2,1H3,(H,17,21)/t8-/m1/s1. The van der Waals surface area contributed by atoms with Crippen LogP contribution in [0, 0.1) is 0 Å². The first-order chi connectivity index (χ1) is 10.1. The molecule has 0 spiro atoms. The molecule has 3 rings (SSSR count). The summed E-state index contributed by atoms with van der Waals surface area (Å²) in [6.45, 7) is 2.79. The van der Waals surface area contributed by atoms with Crippen molar-refractivity contribution in [1.29, 1.82) is 0 Å². The van der Waals surface area contributed by atoms with Crippen LogP contribution < -0.4 is 5.32 Å². The zero-order chi connectivity index (χ0) is 15.0. The van der Waals surface area contributed by atoms with E-state index in [9.17, 15) is 4.79 Å². The highest BCUT2D eigenvalue weighted by Crippen LogP contribution is 2.23. The van der Waals surface area contributed by atoms with Gasteiger partial charge in [-0.3, -0.25) is 4.79 Å². The third kappa shape index (κ3) is 2.76. The minimum absolute atomic E-state index is 0.233. The molecule has 2 heterocycles. The van der Waals surface area contributed by atoms with E-state index < -0.39 is 0 Å². The lowest BCUT2D eigenvalue weighted by Gasteiger charge is -2.14. The summed E-state index contributed by atoms with van der Waals surface area (Å²) in [5.74, 6) is 1.51. The summed E-state index contributed by atoms with van der Waals surface area (Å²) >= 11 is 11.9. The van der Waals surface area contributed by atoms with Crippen molar-refractivity contribution in [2.75, 3.05) is 0 Å². The van der Waals surface area contributed by atoms with E-state index in [2.05, 4.69) is 20.1 Å². The molecule has 1 aromatic carbocycles. The zero-order valence-electron chi connectivity index (χ0n) is 11.4. The monoisotopic (exact) mass is 324 g/mol. The molecule has 0 bridgehead atoms. The number of hydrogen-bond donors (Lipinski definition) is 1. The number of fused-ring (bicyclic) bond motifs is 1. The molecule has 0 aliphatic carbocycles. The second kappa shape index (κ2) is 5.66. The Balaban J connectivity index is 1.77. The van der Waals surface area contributed by atoms with Crippen molar-refractivity contribution in [2.45, 2.75) is 32.4 Å². The first kappa shape index (κ1) is 14.4. The van der Waals surface area contributed by atoms with E-state index >= 15 is 0 Å². The van der Waals surface area contributed by atoms with Gasteiger partial charge in [0.05, 0.1) is 16.6 Å². The number of carbonyl (C=O) groups is 1. The molecule has 0 saturated heterocycles. The summed E-state index contributed by atoms with van der Waals surface area (Å²) in [7, 11) is 0.